The molecule has 2 aromatic carbocycles. The van der Waals surface area contributed by atoms with Gasteiger partial charge >= 0.3 is 0 Å². The van der Waals surface area contributed by atoms with Crippen molar-refractivity contribution in [2.45, 2.75) is 32.2 Å². The van der Waals surface area contributed by atoms with Crippen LogP contribution >= 0.6 is 0 Å². The number of rotatable bonds is 5. The first-order valence-corrected chi connectivity index (χ1v) is 9.37. The number of nitrogens with zero attached hydrogens (tertiary/aromatic N) is 3. The van der Waals surface area contributed by atoms with Gasteiger partial charge in [-0.15, -0.1) is 5.10 Å². The van der Waals surface area contributed by atoms with Crippen LogP contribution in [0, 0.1) is 20.8 Å². The Morgan fingerprint density at radius 3 is 2.48 bits per heavy atom. The Hall–Kier alpha value is -2.67. The SMILES string of the molecule is Cc1ccc(S(=O)(=O)Nc2ncn(Cc3ccccc3C)n2)cc1C. The highest BCUT2D eigenvalue weighted by atomic mass is 32.2. The van der Waals surface area contributed by atoms with E-state index >= 15 is 0 Å². The molecular weight excluding hydrogens is 336 g/mol. The number of aromatic nitrogens is 3. The van der Waals surface area contributed by atoms with Crippen molar-refractivity contribution in [3.8, 4) is 0 Å². The molecule has 0 unspecified atom stereocenters. The molecule has 0 fully saturated rings. The van der Waals surface area contributed by atoms with Gasteiger partial charge in [0.2, 0.25) is 0 Å². The number of benzene rings is 2. The lowest BCUT2D eigenvalue weighted by molar-refractivity contribution is 0.600. The number of aryl methyl sites for hydroxylation is 3. The molecule has 7 heteroatoms. The summed E-state index contributed by atoms with van der Waals surface area (Å²) in [5, 5.41) is 4.21. The normalized spacial score (nSPS) is 11.5. The van der Waals surface area contributed by atoms with Crippen LogP contribution in [0.3, 0.4) is 0 Å². The topological polar surface area (TPSA) is 76.9 Å². The predicted molar refractivity (Wildman–Crippen MR) is 97.0 cm³/mol. The second kappa shape index (κ2) is 6.68. The summed E-state index contributed by atoms with van der Waals surface area (Å²) < 4.78 is 29.0. The first kappa shape index (κ1) is 17.2. The summed E-state index contributed by atoms with van der Waals surface area (Å²) in [7, 11) is -3.71. The smallest absolute Gasteiger partial charge is 0.246 e. The Kier molecular flexibility index (Phi) is 4.59. The van der Waals surface area contributed by atoms with Crippen molar-refractivity contribution in [2.24, 2.45) is 0 Å². The molecular formula is C18H20N4O2S. The summed E-state index contributed by atoms with van der Waals surface area (Å²) in [5.41, 5.74) is 4.21. The quantitative estimate of drug-likeness (QED) is 0.762. The van der Waals surface area contributed by atoms with Gasteiger partial charge in [0.05, 0.1) is 11.4 Å². The van der Waals surface area contributed by atoms with Gasteiger partial charge in [0.1, 0.15) is 6.33 Å². The van der Waals surface area contributed by atoms with Gasteiger partial charge < -0.3 is 0 Å². The van der Waals surface area contributed by atoms with Crippen molar-refractivity contribution in [3.05, 3.63) is 71.0 Å². The first-order valence-electron chi connectivity index (χ1n) is 7.89. The van der Waals surface area contributed by atoms with Gasteiger partial charge in [-0.05, 0) is 55.2 Å². The zero-order chi connectivity index (χ0) is 18.0. The van der Waals surface area contributed by atoms with E-state index < -0.39 is 10.0 Å². The van der Waals surface area contributed by atoms with Crippen LogP contribution in [0.2, 0.25) is 0 Å². The molecule has 1 aromatic heterocycles. The van der Waals surface area contributed by atoms with Crippen LogP contribution in [0.5, 0.6) is 0 Å². The van der Waals surface area contributed by atoms with Crippen molar-refractivity contribution >= 4 is 16.0 Å². The summed E-state index contributed by atoms with van der Waals surface area (Å²) in [6.45, 7) is 6.37. The van der Waals surface area contributed by atoms with Crippen LogP contribution in [0.15, 0.2) is 53.7 Å². The van der Waals surface area contributed by atoms with Gasteiger partial charge in [-0.25, -0.2) is 17.8 Å². The minimum absolute atomic E-state index is 0.0619. The lowest BCUT2D eigenvalue weighted by Crippen LogP contribution is -2.14. The van der Waals surface area contributed by atoms with E-state index in [1.807, 2.05) is 45.0 Å². The molecule has 0 amide bonds. The third-order valence-electron chi connectivity index (χ3n) is 4.14. The molecule has 0 radical (unpaired) electrons. The Balaban J connectivity index is 1.78. The second-order valence-corrected chi connectivity index (χ2v) is 7.73. The Labute approximate surface area is 147 Å². The van der Waals surface area contributed by atoms with Crippen molar-refractivity contribution in [1.82, 2.24) is 14.8 Å². The van der Waals surface area contributed by atoms with Crippen molar-refractivity contribution in [2.75, 3.05) is 4.72 Å². The van der Waals surface area contributed by atoms with E-state index in [0.29, 0.717) is 6.54 Å². The van der Waals surface area contributed by atoms with E-state index in [1.54, 1.807) is 22.9 Å². The fourth-order valence-electron chi connectivity index (χ4n) is 2.44. The largest absolute Gasteiger partial charge is 0.264 e. The maximum Gasteiger partial charge on any atom is 0.264 e. The minimum atomic E-state index is -3.71. The molecule has 6 nitrogen and oxygen atoms in total. The van der Waals surface area contributed by atoms with Gasteiger partial charge in [-0.1, -0.05) is 30.3 Å². The fourth-order valence-corrected chi connectivity index (χ4v) is 3.47. The molecule has 0 spiro atoms. The maximum absolute atomic E-state index is 12.5. The standard InChI is InChI=1S/C18H20N4O2S/c1-13-8-9-17(10-15(13)3)25(23,24)21-18-19-12-22(20-18)11-16-7-5-4-6-14(16)2/h4-10,12H,11H2,1-3H3,(H,20,21). The molecule has 1 heterocycles. The number of sulfonamides is 1. The number of hydrogen-bond donors (Lipinski definition) is 1. The summed E-state index contributed by atoms with van der Waals surface area (Å²) in [6, 6.07) is 13.0. The molecule has 3 aromatic rings. The fraction of sp³-hybridized carbons (Fsp3) is 0.222. The van der Waals surface area contributed by atoms with Crippen LogP contribution in [0.1, 0.15) is 22.3 Å². The summed E-state index contributed by atoms with van der Waals surface area (Å²) in [5.74, 6) is 0.0619. The van der Waals surface area contributed by atoms with E-state index in [1.165, 1.54) is 6.33 Å². The van der Waals surface area contributed by atoms with Crippen molar-refractivity contribution in [3.63, 3.8) is 0 Å². The molecule has 0 bridgehead atoms. The average molecular weight is 356 g/mol. The monoisotopic (exact) mass is 356 g/mol. The summed E-state index contributed by atoms with van der Waals surface area (Å²) in [6.07, 6.45) is 1.52. The molecule has 130 valence electrons. The highest BCUT2D eigenvalue weighted by molar-refractivity contribution is 7.92. The second-order valence-electron chi connectivity index (χ2n) is 6.04. The third-order valence-corrected chi connectivity index (χ3v) is 5.47. The average Bonchev–Trinajstić information content (AvgIpc) is 2.98. The molecule has 1 N–H and O–H groups in total. The van der Waals surface area contributed by atoms with Crippen LogP contribution in [-0.4, -0.2) is 23.2 Å². The Bertz CT molecular complexity index is 1010. The molecule has 25 heavy (non-hydrogen) atoms. The molecule has 0 saturated heterocycles. The third kappa shape index (κ3) is 3.88. The van der Waals surface area contributed by atoms with Gasteiger partial charge in [-0.2, -0.15) is 4.98 Å². The molecule has 0 saturated carbocycles. The lowest BCUT2D eigenvalue weighted by atomic mass is 10.1. The highest BCUT2D eigenvalue weighted by Crippen LogP contribution is 2.17. The summed E-state index contributed by atoms with van der Waals surface area (Å²) in [4.78, 5) is 4.25. The zero-order valence-electron chi connectivity index (χ0n) is 14.4. The molecule has 0 atom stereocenters. The van der Waals surface area contributed by atoms with Crippen LogP contribution < -0.4 is 4.72 Å². The molecule has 0 aliphatic carbocycles. The van der Waals surface area contributed by atoms with E-state index in [0.717, 1.165) is 22.3 Å². The maximum atomic E-state index is 12.5. The van der Waals surface area contributed by atoms with Crippen LogP contribution in [0.4, 0.5) is 5.95 Å². The predicted octanol–water partition coefficient (Wildman–Crippen LogP) is 3.05. The van der Waals surface area contributed by atoms with Crippen molar-refractivity contribution < 1.29 is 8.42 Å². The zero-order valence-corrected chi connectivity index (χ0v) is 15.2. The molecule has 3 rings (SSSR count). The summed E-state index contributed by atoms with van der Waals surface area (Å²) >= 11 is 0. The van der Waals surface area contributed by atoms with Gasteiger partial charge in [0, 0.05) is 0 Å². The van der Waals surface area contributed by atoms with E-state index in [2.05, 4.69) is 14.8 Å². The number of nitrogens with one attached hydrogen (secondary N) is 1. The van der Waals surface area contributed by atoms with Gasteiger partial charge in [0.15, 0.2) is 0 Å². The lowest BCUT2D eigenvalue weighted by Gasteiger charge is -2.07. The van der Waals surface area contributed by atoms with E-state index in [4.69, 9.17) is 0 Å². The molecule has 0 aliphatic rings. The van der Waals surface area contributed by atoms with Crippen molar-refractivity contribution in [1.29, 1.82) is 0 Å². The van der Waals surface area contributed by atoms with Crippen LogP contribution in [0.25, 0.3) is 0 Å². The van der Waals surface area contributed by atoms with Crippen LogP contribution in [-0.2, 0) is 16.6 Å². The van der Waals surface area contributed by atoms with Gasteiger partial charge in [0.25, 0.3) is 16.0 Å². The number of hydrogen-bond acceptors (Lipinski definition) is 4. The Morgan fingerprint density at radius 2 is 1.76 bits per heavy atom. The minimum Gasteiger partial charge on any atom is -0.246 e. The Morgan fingerprint density at radius 1 is 1.00 bits per heavy atom. The first-order chi connectivity index (χ1) is 11.8. The van der Waals surface area contributed by atoms with Gasteiger partial charge in [-0.3, -0.25) is 0 Å². The van der Waals surface area contributed by atoms with E-state index in [-0.39, 0.29) is 10.8 Å². The van der Waals surface area contributed by atoms with E-state index in [9.17, 15) is 8.42 Å². The number of anilines is 1. The molecule has 0 aliphatic heterocycles. The highest BCUT2D eigenvalue weighted by Gasteiger charge is 2.17.